The van der Waals surface area contributed by atoms with Crippen molar-refractivity contribution in [1.29, 1.82) is 0 Å². The molecular formula is C17H16O4S. The second-order valence-corrected chi connectivity index (χ2v) is 6.23. The largest absolute Gasteiger partial charge is 0.508 e. The Morgan fingerprint density at radius 3 is 2.68 bits per heavy atom. The van der Waals surface area contributed by atoms with Crippen LogP contribution in [0.3, 0.4) is 0 Å². The maximum absolute atomic E-state index is 12.4. The second-order valence-electron chi connectivity index (χ2n) is 5.05. The number of thioether (sulfide) groups is 1. The molecule has 2 atom stereocenters. The minimum absolute atomic E-state index is 0.00514. The quantitative estimate of drug-likeness (QED) is 0.847. The topological polar surface area (TPSA) is 66.8 Å². The summed E-state index contributed by atoms with van der Waals surface area (Å²) in [6.45, 7) is 2.09. The Hall–Kier alpha value is -2.14. The van der Waals surface area contributed by atoms with Gasteiger partial charge in [0.05, 0.1) is 17.8 Å². The standard InChI is InChI=1S/C17H16O4S/c1-2-21-17(20)15-12-5-3-4-6-14(12)22-16(15)11-8-7-10(18)9-13(11)19/h3-9,15-16,18-19H,2H2,1H3. The molecule has 0 amide bonds. The molecule has 0 aromatic heterocycles. The molecule has 1 aliphatic rings. The lowest BCUT2D eigenvalue weighted by Gasteiger charge is -2.19. The van der Waals surface area contributed by atoms with Crippen molar-refractivity contribution in [2.75, 3.05) is 6.61 Å². The first-order valence-electron chi connectivity index (χ1n) is 7.06. The number of carbonyl (C=O) groups excluding carboxylic acids is 1. The molecular weight excluding hydrogens is 300 g/mol. The van der Waals surface area contributed by atoms with E-state index in [4.69, 9.17) is 4.74 Å². The van der Waals surface area contributed by atoms with E-state index >= 15 is 0 Å². The Balaban J connectivity index is 2.05. The Kier molecular flexibility index (Phi) is 3.98. The van der Waals surface area contributed by atoms with Crippen molar-refractivity contribution in [3.8, 4) is 11.5 Å². The Bertz CT molecular complexity index is 714. The van der Waals surface area contributed by atoms with Gasteiger partial charge in [-0.25, -0.2) is 0 Å². The highest BCUT2D eigenvalue weighted by Gasteiger charge is 2.41. The number of rotatable bonds is 3. The molecule has 0 saturated carbocycles. The van der Waals surface area contributed by atoms with Crippen molar-refractivity contribution in [2.45, 2.75) is 23.0 Å². The van der Waals surface area contributed by atoms with Crippen LogP contribution < -0.4 is 0 Å². The van der Waals surface area contributed by atoms with Gasteiger partial charge in [0.25, 0.3) is 0 Å². The lowest BCUT2D eigenvalue weighted by Crippen LogP contribution is -2.18. The molecule has 2 unspecified atom stereocenters. The summed E-state index contributed by atoms with van der Waals surface area (Å²) >= 11 is 1.53. The summed E-state index contributed by atoms with van der Waals surface area (Å²) in [5.41, 5.74) is 1.54. The second kappa shape index (κ2) is 5.93. The van der Waals surface area contributed by atoms with E-state index in [-0.39, 0.29) is 22.7 Å². The molecule has 0 bridgehead atoms. The Morgan fingerprint density at radius 2 is 1.95 bits per heavy atom. The number of carbonyl (C=O) groups is 1. The molecule has 2 aromatic rings. The van der Waals surface area contributed by atoms with Crippen LogP contribution in [0.4, 0.5) is 0 Å². The zero-order valence-corrected chi connectivity index (χ0v) is 12.8. The van der Waals surface area contributed by atoms with Gasteiger partial charge in [0, 0.05) is 16.5 Å². The fourth-order valence-corrected chi connectivity index (χ4v) is 4.19. The highest BCUT2D eigenvalue weighted by molar-refractivity contribution is 8.00. The zero-order valence-electron chi connectivity index (χ0n) is 12.0. The summed E-state index contributed by atoms with van der Waals surface area (Å²) in [5, 5.41) is 19.3. The van der Waals surface area contributed by atoms with Gasteiger partial charge in [0.2, 0.25) is 0 Å². The summed E-state index contributed by atoms with van der Waals surface area (Å²) in [6, 6.07) is 12.2. The molecule has 2 N–H and O–H groups in total. The fraction of sp³-hybridized carbons (Fsp3) is 0.235. The Labute approximate surface area is 132 Å². The van der Waals surface area contributed by atoms with Crippen molar-refractivity contribution in [2.24, 2.45) is 0 Å². The van der Waals surface area contributed by atoms with Crippen LogP contribution in [-0.4, -0.2) is 22.8 Å². The molecule has 0 aliphatic carbocycles. The lowest BCUT2D eigenvalue weighted by atomic mass is 9.91. The number of phenols is 2. The van der Waals surface area contributed by atoms with Crippen molar-refractivity contribution >= 4 is 17.7 Å². The number of fused-ring (bicyclic) bond motifs is 1. The van der Waals surface area contributed by atoms with Crippen molar-refractivity contribution in [3.05, 3.63) is 53.6 Å². The zero-order chi connectivity index (χ0) is 15.7. The van der Waals surface area contributed by atoms with Gasteiger partial charge in [-0.05, 0) is 24.6 Å². The summed E-state index contributed by atoms with van der Waals surface area (Å²) in [4.78, 5) is 13.4. The Morgan fingerprint density at radius 1 is 1.18 bits per heavy atom. The van der Waals surface area contributed by atoms with Gasteiger partial charge >= 0.3 is 5.97 Å². The molecule has 1 heterocycles. The first-order chi connectivity index (χ1) is 10.6. The summed E-state index contributed by atoms with van der Waals surface area (Å²) in [5.74, 6) is -0.775. The van der Waals surface area contributed by atoms with Crippen LogP contribution in [0, 0.1) is 0 Å². The van der Waals surface area contributed by atoms with Gasteiger partial charge in [-0.1, -0.05) is 24.3 Å². The number of ether oxygens (including phenoxy) is 1. The van der Waals surface area contributed by atoms with Crippen LogP contribution in [-0.2, 0) is 9.53 Å². The number of hydrogen-bond acceptors (Lipinski definition) is 5. The van der Waals surface area contributed by atoms with Crippen LogP contribution in [0.15, 0.2) is 47.4 Å². The molecule has 4 nitrogen and oxygen atoms in total. The van der Waals surface area contributed by atoms with Crippen molar-refractivity contribution in [3.63, 3.8) is 0 Å². The van der Waals surface area contributed by atoms with E-state index in [9.17, 15) is 15.0 Å². The maximum Gasteiger partial charge on any atom is 0.314 e. The van der Waals surface area contributed by atoms with E-state index < -0.39 is 5.92 Å². The third kappa shape index (κ3) is 2.52. The monoisotopic (exact) mass is 316 g/mol. The average molecular weight is 316 g/mol. The van der Waals surface area contributed by atoms with E-state index in [1.54, 1.807) is 13.0 Å². The molecule has 114 valence electrons. The van der Waals surface area contributed by atoms with Gasteiger partial charge in [-0.3, -0.25) is 4.79 Å². The predicted octanol–water partition coefficient (Wildman–Crippen LogP) is 3.59. The average Bonchev–Trinajstić information content (AvgIpc) is 2.86. The number of phenolic OH excluding ortho intramolecular Hbond substituents is 2. The first kappa shape index (κ1) is 14.8. The molecule has 0 spiro atoms. The van der Waals surface area contributed by atoms with Crippen LogP contribution >= 0.6 is 11.8 Å². The third-order valence-electron chi connectivity index (χ3n) is 3.67. The summed E-state index contributed by atoms with van der Waals surface area (Å²) in [7, 11) is 0. The fourth-order valence-electron chi connectivity index (χ4n) is 2.71. The SMILES string of the molecule is CCOC(=O)C1c2ccccc2SC1c1ccc(O)cc1O. The van der Waals surface area contributed by atoms with Gasteiger partial charge in [0.1, 0.15) is 11.5 Å². The van der Waals surface area contributed by atoms with Crippen LogP contribution in [0.1, 0.15) is 29.2 Å². The molecule has 22 heavy (non-hydrogen) atoms. The van der Waals surface area contributed by atoms with E-state index in [0.29, 0.717) is 12.2 Å². The highest BCUT2D eigenvalue weighted by Crippen LogP contribution is 2.56. The maximum atomic E-state index is 12.4. The highest BCUT2D eigenvalue weighted by atomic mass is 32.2. The number of esters is 1. The van der Waals surface area contributed by atoms with Crippen molar-refractivity contribution < 1.29 is 19.7 Å². The molecule has 0 radical (unpaired) electrons. The smallest absolute Gasteiger partial charge is 0.314 e. The van der Waals surface area contributed by atoms with Crippen molar-refractivity contribution in [1.82, 2.24) is 0 Å². The van der Waals surface area contributed by atoms with Gasteiger partial charge in [0.15, 0.2) is 0 Å². The van der Waals surface area contributed by atoms with Gasteiger partial charge in [-0.2, -0.15) is 0 Å². The van der Waals surface area contributed by atoms with Crippen LogP contribution in [0.25, 0.3) is 0 Å². The van der Waals surface area contributed by atoms with Crippen LogP contribution in [0.2, 0.25) is 0 Å². The van der Waals surface area contributed by atoms with E-state index in [2.05, 4.69) is 0 Å². The number of hydrogen-bond donors (Lipinski definition) is 2. The van der Waals surface area contributed by atoms with E-state index in [0.717, 1.165) is 10.5 Å². The van der Waals surface area contributed by atoms with E-state index in [1.165, 1.54) is 23.9 Å². The minimum Gasteiger partial charge on any atom is -0.508 e. The molecule has 3 rings (SSSR count). The van der Waals surface area contributed by atoms with Gasteiger partial charge < -0.3 is 14.9 Å². The lowest BCUT2D eigenvalue weighted by molar-refractivity contribution is -0.144. The number of aromatic hydroxyl groups is 2. The molecule has 0 saturated heterocycles. The molecule has 2 aromatic carbocycles. The molecule has 5 heteroatoms. The van der Waals surface area contributed by atoms with Gasteiger partial charge in [-0.15, -0.1) is 11.8 Å². The summed E-state index contributed by atoms with van der Waals surface area (Å²) in [6.07, 6.45) is 0. The minimum atomic E-state index is -0.461. The molecule has 0 fully saturated rings. The predicted molar refractivity (Wildman–Crippen MR) is 84.2 cm³/mol. The third-order valence-corrected chi connectivity index (χ3v) is 5.08. The summed E-state index contributed by atoms with van der Waals surface area (Å²) < 4.78 is 5.21. The number of benzene rings is 2. The normalized spacial score (nSPS) is 19.7. The van der Waals surface area contributed by atoms with E-state index in [1.807, 2.05) is 24.3 Å². The van der Waals surface area contributed by atoms with Crippen LogP contribution in [0.5, 0.6) is 11.5 Å². The first-order valence-corrected chi connectivity index (χ1v) is 7.94. The molecule has 1 aliphatic heterocycles.